The average molecular weight is 250 g/mol. The van der Waals surface area contributed by atoms with Gasteiger partial charge in [0.2, 0.25) is 0 Å². The standard InChI is InChI=1S/C17H18N2/c1-12-6-4-9-17(13(12)2)19-14(3)16-8-5-7-15(10-16)11-18/h4-10,14,19H,1-3H3. The lowest BCUT2D eigenvalue weighted by atomic mass is 10.0. The topological polar surface area (TPSA) is 35.8 Å². The SMILES string of the molecule is Cc1cccc(NC(C)c2cccc(C#N)c2)c1C. The van der Waals surface area contributed by atoms with Crippen molar-refractivity contribution in [3.05, 3.63) is 64.7 Å². The number of nitrogens with one attached hydrogen (secondary N) is 1. The summed E-state index contributed by atoms with van der Waals surface area (Å²) in [5, 5.41) is 12.5. The Hall–Kier alpha value is -2.27. The molecule has 0 aliphatic carbocycles. The molecule has 96 valence electrons. The van der Waals surface area contributed by atoms with Crippen molar-refractivity contribution in [3.8, 4) is 6.07 Å². The minimum Gasteiger partial charge on any atom is -0.378 e. The molecule has 0 amide bonds. The van der Waals surface area contributed by atoms with Gasteiger partial charge < -0.3 is 5.32 Å². The van der Waals surface area contributed by atoms with Gasteiger partial charge in [-0.15, -0.1) is 0 Å². The first-order valence-corrected chi connectivity index (χ1v) is 6.44. The Bertz CT molecular complexity index is 623. The van der Waals surface area contributed by atoms with Crippen molar-refractivity contribution >= 4 is 5.69 Å². The largest absolute Gasteiger partial charge is 0.378 e. The number of rotatable bonds is 3. The quantitative estimate of drug-likeness (QED) is 0.879. The van der Waals surface area contributed by atoms with Crippen molar-refractivity contribution in [1.82, 2.24) is 0 Å². The number of hydrogen-bond donors (Lipinski definition) is 1. The smallest absolute Gasteiger partial charge is 0.0991 e. The molecule has 0 bridgehead atoms. The Morgan fingerprint density at radius 1 is 1.11 bits per heavy atom. The summed E-state index contributed by atoms with van der Waals surface area (Å²) < 4.78 is 0. The number of nitrogens with zero attached hydrogens (tertiary/aromatic N) is 1. The van der Waals surface area contributed by atoms with Gasteiger partial charge in [-0.1, -0.05) is 24.3 Å². The van der Waals surface area contributed by atoms with Gasteiger partial charge in [-0.2, -0.15) is 5.26 Å². The van der Waals surface area contributed by atoms with E-state index in [4.69, 9.17) is 5.26 Å². The molecule has 1 N–H and O–H groups in total. The third-order valence-corrected chi connectivity index (χ3v) is 3.49. The first-order chi connectivity index (χ1) is 9.11. The van der Waals surface area contributed by atoms with Crippen molar-refractivity contribution in [2.75, 3.05) is 5.32 Å². The maximum Gasteiger partial charge on any atom is 0.0991 e. The molecule has 2 rings (SSSR count). The fraction of sp³-hybridized carbons (Fsp3) is 0.235. The van der Waals surface area contributed by atoms with E-state index in [2.05, 4.69) is 50.4 Å². The highest BCUT2D eigenvalue weighted by Crippen LogP contribution is 2.24. The van der Waals surface area contributed by atoms with E-state index < -0.39 is 0 Å². The molecule has 0 saturated heterocycles. The van der Waals surface area contributed by atoms with Crippen LogP contribution in [0.2, 0.25) is 0 Å². The van der Waals surface area contributed by atoms with E-state index in [1.54, 1.807) is 0 Å². The van der Waals surface area contributed by atoms with Crippen LogP contribution in [0, 0.1) is 25.2 Å². The molecular formula is C17H18N2. The highest BCUT2D eigenvalue weighted by Gasteiger charge is 2.08. The molecule has 0 radical (unpaired) electrons. The van der Waals surface area contributed by atoms with Crippen LogP contribution in [-0.4, -0.2) is 0 Å². The molecule has 1 atom stereocenters. The van der Waals surface area contributed by atoms with Gasteiger partial charge in [-0.3, -0.25) is 0 Å². The third kappa shape index (κ3) is 2.95. The molecular weight excluding hydrogens is 232 g/mol. The van der Waals surface area contributed by atoms with Crippen molar-refractivity contribution in [3.63, 3.8) is 0 Å². The summed E-state index contributed by atoms with van der Waals surface area (Å²) in [6.07, 6.45) is 0. The van der Waals surface area contributed by atoms with Crippen LogP contribution in [0.4, 0.5) is 5.69 Å². The second-order valence-electron chi connectivity index (χ2n) is 4.85. The fourth-order valence-electron chi connectivity index (χ4n) is 2.10. The number of benzene rings is 2. The van der Waals surface area contributed by atoms with Crippen LogP contribution in [0.15, 0.2) is 42.5 Å². The van der Waals surface area contributed by atoms with Crippen molar-refractivity contribution in [1.29, 1.82) is 5.26 Å². The first-order valence-electron chi connectivity index (χ1n) is 6.44. The van der Waals surface area contributed by atoms with Gasteiger partial charge in [0.25, 0.3) is 0 Å². The monoisotopic (exact) mass is 250 g/mol. The molecule has 0 aliphatic heterocycles. The number of aryl methyl sites for hydroxylation is 1. The van der Waals surface area contributed by atoms with Gasteiger partial charge in [0.05, 0.1) is 11.6 Å². The Kier molecular flexibility index (Phi) is 3.87. The van der Waals surface area contributed by atoms with Gasteiger partial charge in [0, 0.05) is 11.7 Å². The van der Waals surface area contributed by atoms with E-state index in [9.17, 15) is 0 Å². The summed E-state index contributed by atoms with van der Waals surface area (Å²) in [4.78, 5) is 0. The summed E-state index contributed by atoms with van der Waals surface area (Å²) in [5.41, 5.74) is 5.52. The lowest BCUT2D eigenvalue weighted by molar-refractivity contribution is 0.881. The summed E-state index contributed by atoms with van der Waals surface area (Å²) in [6.45, 7) is 6.34. The van der Waals surface area contributed by atoms with E-state index in [1.165, 1.54) is 11.1 Å². The highest BCUT2D eigenvalue weighted by molar-refractivity contribution is 5.55. The van der Waals surface area contributed by atoms with Crippen molar-refractivity contribution in [2.24, 2.45) is 0 Å². The second-order valence-corrected chi connectivity index (χ2v) is 4.85. The zero-order valence-electron chi connectivity index (χ0n) is 11.6. The molecule has 19 heavy (non-hydrogen) atoms. The zero-order valence-corrected chi connectivity index (χ0v) is 11.6. The Balaban J connectivity index is 2.23. The second kappa shape index (κ2) is 5.58. The number of anilines is 1. The van der Waals surface area contributed by atoms with E-state index in [1.807, 2.05) is 24.3 Å². The van der Waals surface area contributed by atoms with Gasteiger partial charge >= 0.3 is 0 Å². The lowest BCUT2D eigenvalue weighted by Gasteiger charge is -2.18. The Labute approximate surface area is 114 Å². The van der Waals surface area contributed by atoms with Crippen LogP contribution in [0.1, 0.15) is 35.2 Å². The molecule has 2 aromatic carbocycles. The van der Waals surface area contributed by atoms with Crippen molar-refractivity contribution in [2.45, 2.75) is 26.8 Å². The summed E-state index contributed by atoms with van der Waals surface area (Å²) >= 11 is 0. The number of hydrogen-bond acceptors (Lipinski definition) is 2. The maximum atomic E-state index is 8.94. The van der Waals surface area contributed by atoms with Crippen LogP contribution >= 0.6 is 0 Å². The predicted molar refractivity (Wildman–Crippen MR) is 79.1 cm³/mol. The summed E-state index contributed by atoms with van der Waals surface area (Å²) in [6, 6.07) is 16.3. The van der Waals surface area contributed by atoms with Crippen LogP contribution < -0.4 is 5.32 Å². The molecule has 2 heteroatoms. The molecule has 2 nitrogen and oxygen atoms in total. The van der Waals surface area contributed by atoms with Gasteiger partial charge in [0.15, 0.2) is 0 Å². The minimum absolute atomic E-state index is 0.175. The van der Waals surface area contributed by atoms with Gasteiger partial charge in [-0.05, 0) is 55.7 Å². The summed E-state index contributed by atoms with van der Waals surface area (Å²) in [5.74, 6) is 0. The number of nitriles is 1. The van der Waals surface area contributed by atoms with E-state index >= 15 is 0 Å². The molecule has 0 spiro atoms. The molecule has 1 unspecified atom stereocenters. The Morgan fingerprint density at radius 3 is 2.58 bits per heavy atom. The molecule has 0 heterocycles. The van der Waals surface area contributed by atoms with E-state index in [0.717, 1.165) is 11.3 Å². The van der Waals surface area contributed by atoms with Crippen LogP contribution in [-0.2, 0) is 0 Å². The molecule has 2 aromatic rings. The van der Waals surface area contributed by atoms with Gasteiger partial charge in [-0.25, -0.2) is 0 Å². The molecule has 0 saturated carbocycles. The predicted octanol–water partition coefficient (Wildman–Crippen LogP) is 4.35. The molecule has 0 aliphatic rings. The minimum atomic E-state index is 0.175. The molecule has 0 fully saturated rings. The lowest BCUT2D eigenvalue weighted by Crippen LogP contribution is -2.08. The normalized spacial score (nSPS) is 11.7. The average Bonchev–Trinajstić information content (AvgIpc) is 2.44. The highest BCUT2D eigenvalue weighted by atomic mass is 14.9. The van der Waals surface area contributed by atoms with Crippen LogP contribution in [0.5, 0.6) is 0 Å². The van der Waals surface area contributed by atoms with Crippen LogP contribution in [0.3, 0.4) is 0 Å². The van der Waals surface area contributed by atoms with Gasteiger partial charge in [0.1, 0.15) is 0 Å². The van der Waals surface area contributed by atoms with E-state index in [-0.39, 0.29) is 6.04 Å². The molecule has 0 aromatic heterocycles. The fourth-order valence-corrected chi connectivity index (χ4v) is 2.10. The Morgan fingerprint density at radius 2 is 1.84 bits per heavy atom. The van der Waals surface area contributed by atoms with E-state index in [0.29, 0.717) is 5.56 Å². The third-order valence-electron chi connectivity index (χ3n) is 3.49. The summed E-state index contributed by atoms with van der Waals surface area (Å²) in [7, 11) is 0. The first kappa shape index (κ1) is 13.2. The zero-order chi connectivity index (χ0) is 13.8. The van der Waals surface area contributed by atoms with Crippen molar-refractivity contribution < 1.29 is 0 Å². The van der Waals surface area contributed by atoms with Crippen LogP contribution in [0.25, 0.3) is 0 Å². The maximum absolute atomic E-state index is 8.94.